The summed E-state index contributed by atoms with van der Waals surface area (Å²) in [4.78, 5) is 0. The van der Waals surface area contributed by atoms with E-state index in [2.05, 4.69) is 20.5 Å². The fourth-order valence-corrected chi connectivity index (χ4v) is 4.79. The van der Waals surface area contributed by atoms with E-state index in [0.29, 0.717) is 34.1 Å². The summed E-state index contributed by atoms with van der Waals surface area (Å²) in [6.07, 6.45) is 4.08. The van der Waals surface area contributed by atoms with E-state index in [9.17, 15) is 0 Å². The lowest BCUT2D eigenvalue weighted by atomic mass is 10.1. The molecule has 204 valence electrons. The van der Waals surface area contributed by atoms with Crippen LogP contribution in [0.5, 0.6) is 0 Å². The van der Waals surface area contributed by atoms with Crippen molar-refractivity contribution in [3.05, 3.63) is 120 Å². The van der Waals surface area contributed by atoms with Gasteiger partial charge in [0.15, 0.2) is 0 Å². The Kier molecular flexibility index (Phi) is 7.01. The SMILES string of the molecule is Nc1cccc2c(N=Nc3ccc(/C=C/c4ccc(N=Nc5ccc(N)c6c(N)cccc56)cc4)cc3)ccc(N)c12. The topological polar surface area (TPSA) is 154 Å². The number of anilines is 4. The second-order valence-corrected chi connectivity index (χ2v) is 9.80. The number of benzene rings is 6. The Hall–Kier alpha value is -6.02. The monoisotopic (exact) mass is 548 g/mol. The van der Waals surface area contributed by atoms with Gasteiger partial charge in [-0.15, -0.1) is 10.2 Å². The first-order chi connectivity index (χ1) is 20.5. The first-order valence-electron chi connectivity index (χ1n) is 13.3. The number of rotatable bonds is 6. The number of hydrogen-bond donors (Lipinski definition) is 4. The van der Waals surface area contributed by atoms with Gasteiger partial charge in [0.1, 0.15) is 0 Å². The quantitative estimate of drug-likeness (QED) is 0.0929. The Morgan fingerprint density at radius 2 is 0.762 bits per heavy atom. The molecule has 6 rings (SSSR count). The lowest BCUT2D eigenvalue weighted by molar-refractivity contribution is 1.24. The van der Waals surface area contributed by atoms with Gasteiger partial charge in [0.05, 0.1) is 22.7 Å². The van der Waals surface area contributed by atoms with Crippen molar-refractivity contribution in [1.29, 1.82) is 0 Å². The van der Waals surface area contributed by atoms with Gasteiger partial charge in [-0.2, -0.15) is 10.2 Å². The van der Waals surface area contributed by atoms with Gasteiger partial charge >= 0.3 is 0 Å². The summed E-state index contributed by atoms with van der Waals surface area (Å²) < 4.78 is 0. The van der Waals surface area contributed by atoms with Crippen molar-refractivity contribution >= 4 is 79.2 Å². The number of nitrogens with zero attached hydrogens (tertiary/aromatic N) is 4. The molecule has 0 saturated carbocycles. The third-order valence-corrected chi connectivity index (χ3v) is 6.96. The third kappa shape index (κ3) is 5.37. The van der Waals surface area contributed by atoms with E-state index >= 15 is 0 Å². The highest BCUT2D eigenvalue weighted by Crippen LogP contribution is 2.36. The molecule has 0 unspecified atom stereocenters. The van der Waals surface area contributed by atoms with E-state index in [1.165, 1.54) is 0 Å². The second-order valence-electron chi connectivity index (χ2n) is 9.80. The van der Waals surface area contributed by atoms with Crippen LogP contribution in [0.15, 0.2) is 130 Å². The summed E-state index contributed by atoms with van der Waals surface area (Å²) in [5, 5.41) is 21.0. The number of hydrogen-bond acceptors (Lipinski definition) is 8. The smallest absolute Gasteiger partial charge is 0.0937 e. The Balaban J connectivity index is 1.13. The summed E-state index contributed by atoms with van der Waals surface area (Å²) in [6.45, 7) is 0. The third-order valence-electron chi connectivity index (χ3n) is 6.96. The highest BCUT2D eigenvalue weighted by Gasteiger charge is 2.08. The van der Waals surface area contributed by atoms with E-state index in [1.54, 1.807) is 12.1 Å². The molecule has 0 amide bonds. The molecule has 0 aromatic heterocycles. The highest BCUT2D eigenvalue weighted by atomic mass is 15.1. The predicted octanol–water partition coefficient (Wildman–Crippen LogP) is 9.32. The fraction of sp³-hybridized carbons (Fsp3) is 0. The zero-order valence-electron chi connectivity index (χ0n) is 22.6. The maximum absolute atomic E-state index is 6.11. The Bertz CT molecular complexity index is 1840. The normalized spacial score (nSPS) is 11.9. The van der Waals surface area contributed by atoms with Gasteiger partial charge in [0.25, 0.3) is 0 Å². The van der Waals surface area contributed by atoms with Crippen LogP contribution < -0.4 is 22.9 Å². The average molecular weight is 549 g/mol. The molecule has 0 spiro atoms. The molecule has 0 saturated heterocycles. The van der Waals surface area contributed by atoms with E-state index in [0.717, 1.165) is 44.0 Å². The second kappa shape index (κ2) is 11.2. The van der Waals surface area contributed by atoms with Crippen LogP contribution in [0.1, 0.15) is 11.1 Å². The average Bonchev–Trinajstić information content (AvgIpc) is 3.00. The van der Waals surface area contributed by atoms with E-state index < -0.39 is 0 Å². The van der Waals surface area contributed by atoms with Crippen LogP contribution in [-0.2, 0) is 0 Å². The van der Waals surface area contributed by atoms with Gasteiger partial charge in [-0.05, 0) is 71.8 Å². The minimum atomic E-state index is 0.620. The van der Waals surface area contributed by atoms with Crippen LogP contribution in [0.4, 0.5) is 45.5 Å². The number of nitrogens with two attached hydrogens (primary N) is 4. The zero-order valence-corrected chi connectivity index (χ0v) is 22.6. The van der Waals surface area contributed by atoms with Crippen LogP contribution in [0.3, 0.4) is 0 Å². The summed E-state index contributed by atoms with van der Waals surface area (Å²) in [5.41, 5.74) is 31.9. The van der Waals surface area contributed by atoms with Crippen molar-refractivity contribution < 1.29 is 0 Å². The first kappa shape index (κ1) is 26.2. The maximum atomic E-state index is 6.11. The van der Waals surface area contributed by atoms with Gasteiger partial charge in [0.2, 0.25) is 0 Å². The number of azo groups is 2. The summed E-state index contributed by atoms with van der Waals surface area (Å²) in [7, 11) is 0. The minimum Gasteiger partial charge on any atom is -0.398 e. The van der Waals surface area contributed by atoms with Gasteiger partial charge in [-0.3, -0.25) is 0 Å². The summed E-state index contributed by atoms with van der Waals surface area (Å²) >= 11 is 0. The van der Waals surface area contributed by atoms with Crippen LogP contribution in [0.2, 0.25) is 0 Å². The molecule has 0 aliphatic rings. The summed E-state index contributed by atoms with van der Waals surface area (Å²) in [5.74, 6) is 0. The van der Waals surface area contributed by atoms with Crippen molar-refractivity contribution in [2.75, 3.05) is 22.9 Å². The van der Waals surface area contributed by atoms with Crippen molar-refractivity contribution in [2.45, 2.75) is 0 Å². The molecule has 8 nitrogen and oxygen atoms in total. The van der Waals surface area contributed by atoms with Crippen molar-refractivity contribution in [3.63, 3.8) is 0 Å². The number of nitrogen functional groups attached to an aromatic ring is 4. The lowest BCUT2D eigenvalue weighted by Crippen LogP contribution is -1.92. The van der Waals surface area contributed by atoms with Crippen molar-refractivity contribution in [1.82, 2.24) is 0 Å². The molecule has 8 N–H and O–H groups in total. The van der Waals surface area contributed by atoms with Crippen molar-refractivity contribution in [3.8, 4) is 0 Å². The molecule has 42 heavy (non-hydrogen) atoms. The maximum Gasteiger partial charge on any atom is 0.0937 e. The molecule has 0 fully saturated rings. The summed E-state index contributed by atoms with van der Waals surface area (Å²) in [6, 6.07) is 34.3. The largest absolute Gasteiger partial charge is 0.398 e. The Morgan fingerprint density at radius 3 is 1.17 bits per heavy atom. The predicted molar refractivity (Wildman–Crippen MR) is 176 cm³/mol. The molecule has 0 heterocycles. The van der Waals surface area contributed by atoms with Crippen molar-refractivity contribution in [2.24, 2.45) is 20.5 Å². The van der Waals surface area contributed by atoms with Crippen LogP contribution in [0, 0.1) is 0 Å². The molecular formula is C34H28N8. The van der Waals surface area contributed by atoms with E-state index in [-0.39, 0.29) is 0 Å². The molecule has 0 bridgehead atoms. The lowest BCUT2D eigenvalue weighted by Gasteiger charge is -2.07. The van der Waals surface area contributed by atoms with E-state index in [1.807, 2.05) is 109 Å². The van der Waals surface area contributed by atoms with E-state index in [4.69, 9.17) is 22.9 Å². The highest BCUT2D eigenvalue weighted by molar-refractivity contribution is 6.07. The molecule has 0 radical (unpaired) electrons. The first-order valence-corrected chi connectivity index (χ1v) is 13.3. The minimum absolute atomic E-state index is 0.620. The van der Waals surface area contributed by atoms with Gasteiger partial charge in [-0.1, -0.05) is 60.7 Å². The molecule has 0 aliphatic carbocycles. The van der Waals surface area contributed by atoms with Crippen LogP contribution in [0.25, 0.3) is 33.7 Å². The standard InChI is InChI=1S/C34H28N8/c35-27-5-1-3-25-31(19-17-29(37)33(25)27)41-39-23-13-9-21(10-14-23)7-8-22-11-15-24(16-12-22)40-42-32-20-18-30(38)34-26(32)4-2-6-28(34)36/h1-20H,35-38H2/b8-7+,41-39?,42-40?. The molecular weight excluding hydrogens is 520 g/mol. The number of fused-ring (bicyclic) bond motifs is 2. The van der Waals surface area contributed by atoms with Gasteiger partial charge in [0, 0.05) is 44.3 Å². The van der Waals surface area contributed by atoms with Crippen LogP contribution in [-0.4, -0.2) is 0 Å². The Morgan fingerprint density at radius 1 is 0.381 bits per heavy atom. The molecule has 6 aromatic carbocycles. The van der Waals surface area contributed by atoms with Gasteiger partial charge < -0.3 is 22.9 Å². The molecule has 8 heteroatoms. The molecule has 0 atom stereocenters. The van der Waals surface area contributed by atoms with Crippen LogP contribution >= 0.6 is 0 Å². The zero-order chi connectivity index (χ0) is 29.1. The fourth-order valence-electron chi connectivity index (χ4n) is 4.79. The van der Waals surface area contributed by atoms with Gasteiger partial charge in [-0.25, -0.2) is 0 Å². The Labute approximate surface area is 242 Å². The molecule has 0 aliphatic heterocycles. The molecule has 6 aromatic rings.